The molecule has 1 N–H and O–H groups in total. The van der Waals surface area contributed by atoms with Crippen molar-refractivity contribution in [3.63, 3.8) is 0 Å². The van der Waals surface area contributed by atoms with E-state index in [1.54, 1.807) is 4.90 Å². The second-order valence-corrected chi connectivity index (χ2v) is 6.89. The first-order chi connectivity index (χ1) is 8.97. The monoisotopic (exact) mass is 300 g/mol. The Morgan fingerprint density at radius 2 is 2.21 bits per heavy atom. The predicted molar refractivity (Wildman–Crippen MR) is 76.1 cm³/mol. The molecule has 0 radical (unpaired) electrons. The molecule has 4 nitrogen and oxygen atoms in total. The summed E-state index contributed by atoms with van der Waals surface area (Å²) in [7, 11) is 0. The number of nitrogens with zero attached hydrogens (tertiary/aromatic N) is 1. The normalized spacial score (nSPS) is 20.0. The van der Waals surface area contributed by atoms with Gasteiger partial charge in [0.15, 0.2) is 0 Å². The van der Waals surface area contributed by atoms with E-state index in [1.807, 2.05) is 26.0 Å². The van der Waals surface area contributed by atoms with E-state index in [9.17, 15) is 9.59 Å². The molecule has 2 amide bonds. The highest BCUT2D eigenvalue weighted by atomic mass is 35.5. The molecule has 1 aromatic heterocycles. The van der Waals surface area contributed by atoms with Gasteiger partial charge < -0.3 is 10.2 Å². The molecule has 0 saturated carbocycles. The molecule has 1 unspecified atom stereocenters. The van der Waals surface area contributed by atoms with Crippen LogP contribution in [0.25, 0.3) is 0 Å². The van der Waals surface area contributed by atoms with Crippen LogP contribution in [0.4, 0.5) is 0 Å². The molecule has 1 aliphatic rings. The van der Waals surface area contributed by atoms with Crippen molar-refractivity contribution < 1.29 is 9.59 Å². The summed E-state index contributed by atoms with van der Waals surface area (Å²) in [6.07, 6.45) is 0.677. The SMILES string of the molecule is CC(C)CC1C(=O)NCC(=O)N1Cc1ccc(Cl)s1. The summed E-state index contributed by atoms with van der Waals surface area (Å²) in [5.74, 6) is 0.266. The fraction of sp³-hybridized carbons (Fsp3) is 0.538. The zero-order valence-electron chi connectivity index (χ0n) is 11.0. The van der Waals surface area contributed by atoms with Crippen LogP contribution in [-0.2, 0) is 16.1 Å². The Morgan fingerprint density at radius 1 is 1.47 bits per heavy atom. The van der Waals surface area contributed by atoms with Crippen molar-refractivity contribution in [3.8, 4) is 0 Å². The molecule has 104 valence electrons. The summed E-state index contributed by atoms with van der Waals surface area (Å²) >= 11 is 7.35. The second kappa shape index (κ2) is 5.92. The van der Waals surface area contributed by atoms with Crippen LogP contribution in [0.5, 0.6) is 0 Å². The molecule has 0 aliphatic carbocycles. The van der Waals surface area contributed by atoms with Crippen LogP contribution < -0.4 is 5.32 Å². The van der Waals surface area contributed by atoms with E-state index >= 15 is 0 Å². The van der Waals surface area contributed by atoms with E-state index < -0.39 is 0 Å². The first-order valence-electron chi connectivity index (χ1n) is 6.28. The lowest BCUT2D eigenvalue weighted by Crippen LogP contribution is -2.58. The summed E-state index contributed by atoms with van der Waals surface area (Å²) in [5, 5.41) is 2.66. The minimum absolute atomic E-state index is 0.0326. The molecule has 2 heterocycles. The lowest BCUT2D eigenvalue weighted by Gasteiger charge is -2.35. The van der Waals surface area contributed by atoms with Crippen LogP contribution in [0.15, 0.2) is 12.1 Å². The number of amides is 2. The highest BCUT2D eigenvalue weighted by molar-refractivity contribution is 7.16. The predicted octanol–water partition coefficient (Wildman–Crippen LogP) is 2.27. The zero-order chi connectivity index (χ0) is 14.0. The van der Waals surface area contributed by atoms with Gasteiger partial charge >= 0.3 is 0 Å². The maximum absolute atomic E-state index is 12.0. The van der Waals surface area contributed by atoms with Gasteiger partial charge in [0.25, 0.3) is 0 Å². The van der Waals surface area contributed by atoms with Gasteiger partial charge in [-0.05, 0) is 24.5 Å². The van der Waals surface area contributed by atoms with E-state index in [0.717, 1.165) is 4.88 Å². The number of nitrogens with one attached hydrogen (secondary N) is 1. The number of hydrogen-bond donors (Lipinski definition) is 1. The largest absolute Gasteiger partial charge is 0.345 e. The van der Waals surface area contributed by atoms with Crippen molar-refractivity contribution in [2.24, 2.45) is 5.92 Å². The van der Waals surface area contributed by atoms with Gasteiger partial charge in [0, 0.05) is 4.88 Å². The van der Waals surface area contributed by atoms with E-state index in [4.69, 9.17) is 11.6 Å². The Hall–Kier alpha value is -1.07. The van der Waals surface area contributed by atoms with E-state index in [2.05, 4.69) is 5.32 Å². The average Bonchev–Trinajstić information content (AvgIpc) is 2.74. The van der Waals surface area contributed by atoms with Crippen molar-refractivity contribution >= 4 is 34.8 Å². The molecule has 1 fully saturated rings. The van der Waals surface area contributed by atoms with Crippen LogP contribution in [0.3, 0.4) is 0 Å². The number of carbonyl (C=O) groups excluding carboxylic acids is 2. The molecule has 0 aromatic carbocycles. The Morgan fingerprint density at radius 3 is 2.79 bits per heavy atom. The zero-order valence-corrected chi connectivity index (χ0v) is 12.6. The molecule has 1 saturated heterocycles. The van der Waals surface area contributed by atoms with Gasteiger partial charge in [0.2, 0.25) is 11.8 Å². The van der Waals surface area contributed by atoms with E-state index in [0.29, 0.717) is 23.2 Å². The van der Waals surface area contributed by atoms with Crippen LogP contribution in [-0.4, -0.2) is 29.3 Å². The fourth-order valence-corrected chi connectivity index (χ4v) is 3.27. The third-order valence-electron chi connectivity index (χ3n) is 3.06. The maximum atomic E-state index is 12.0. The lowest BCUT2D eigenvalue weighted by atomic mass is 10.00. The molecule has 19 heavy (non-hydrogen) atoms. The summed E-state index contributed by atoms with van der Waals surface area (Å²) in [5.41, 5.74) is 0. The topological polar surface area (TPSA) is 49.4 Å². The fourth-order valence-electron chi connectivity index (χ4n) is 2.18. The molecule has 0 bridgehead atoms. The Bertz CT molecular complexity index is 487. The van der Waals surface area contributed by atoms with Crippen LogP contribution in [0, 0.1) is 5.92 Å². The molecule has 0 spiro atoms. The number of piperazine rings is 1. The second-order valence-electron chi connectivity index (χ2n) is 5.09. The van der Waals surface area contributed by atoms with Gasteiger partial charge in [-0.15, -0.1) is 11.3 Å². The Balaban J connectivity index is 2.16. The van der Waals surface area contributed by atoms with Gasteiger partial charge in [-0.25, -0.2) is 0 Å². The Kier molecular flexibility index (Phi) is 4.47. The highest BCUT2D eigenvalue weighted by Crippen LogP contribution is 2.25. The van der Waals surface area contributed by atoms with Gasteiger partial charge in [0.05, 0.1) is 17.4 Å². The number of halogens is 1. The number of rotatable bonds is 4. The molecular weight excluding hydrogens is 284 g/mol. The third kappa shape index (κ3) is 3.48. The first-order valence-corrected chi connectivity index (χ1v) is 7.48. The molecular formula is C13H17ClN2O2S. The van der Waals surface area contributed by atoms with Crippen molar-refractivity contribution in [3.05, 3.63) is 21.3 Å². The average molecular weight is 301 g/mol. The third-order valence-corrected chi connectivity index (χ3v) is 4.28. The van der Waals surface area contributed by atoms with E-state index in [-0.39, 0.29) is 24.4 Å². The summed E-state index contributed by atoms with van der Waals surface area (Å²) in [6.45, 7) is 4.65. The number of hydrogen-bond acceptors (Lipinski definition) is 3. The standard InChI is InChI=1S/C13H17ClN2O2S/c1-8(2)5-10-13(18)15-6-12(17)16(10)7-9-3-4-11(14)19-9/h3-4,8,10H,5-7H2,1-2H3,(H,15,18). The number of carbonyl (C=O) groups is 2. The smallest absolute Gasteiger partial charge is 0.243 e. The van der Waals surface area contributed by atoms with Crippen molar-refractivity contribution in [1.82, 2.24) is 10.2 Å². The van der Waals surface area contributed by atoms with Crippen LogP contribution >= 0.6 is 22.9 Å². The summed E-state index contributed by atoms with van der Waals surface area (Å²) in [4.78, 5) is 26.6. The highest BCUT2D eigenvalue weighted by Gasteiger charge is 2.34. The molecule has 1 atom stereocenters. The first kappa shape index (κ1) is 14.3. The summed E-state index contributed by atoms with van der Waals surface area (Å²) < 4.78 is 0.698. The van der Waals surface area contributed by atoms with Gasteiger partial charge in [-0.2, -0.15) is 0 Å². The Labute approximate surface area is 121 Å². The van der Waals surface area contributed by atoms with E-state index in [1.165, 1.54) is 11.3 Å². The minimum Gasteiger partial charge on any atom is -0.345 e. The molecule has 6 heteroatoms. The molecule has 1 aliphatic heterocycles. The lowest BCUT2D eigenvalue weighted by molar-refractivity contribution is -0.146. The maximum Gasteiger partial charge on any atom is 0.243 e. The molecule has 1 aromatic rings. The van der Waals surface area contributed by atoms with Crippen molar-refractivity contribution in [1.29, 1.82) is 0 Å². The minimum atomic E-state index is -0.373. The van der Waals surface area contributed by atoms with Gasteiger partial charge in [-0.1, -0.05) is 25.4 Å². The van der Waals surface area contributed by atoms with Gasteiger partial charge in [0.1, 0.15) is 6.04 Å². The van der Waals surface area contributed by atoms with Crippen LogP contribution in [0.2, 0.25) is 4.34 Å². The van der Waals surface area contributed by atoms with Gasteiger partial charge in [-0.3, -0.25) is 9.59 Å². The van der Waals surface area contributed by atoms with Crippen molar-refractivity contribution in [2.75, 3.05) is 6.54 Å². The van der Waals surface area contributed by atoms with Crippen molar-refractivity contribution in [2.45, 2.75) is 32.9 Å². The van der Waals surface area contributed by atoms with Crippen LogP contribution in [0.1, 0.15) is 25.1 Å². The quantitative estimate of drug-likeness (QED) is 0.927. The molecule has 2 rings (SSSR count). The number of thiophene rings is 1. The summed E-state index contributed by atoms with van der Waals surface area (Å²) in [6, 6.07) is 3.34.